The smallest absolute Gasteiger partial charge is 0.242 e. The zero-order valence-electron chi connectivity index (χ0n) is 14.0. The predicted octanol–water partition coefficient (Wildman–Crippen LogP) is 2.59. The maximum absolute atomic E-state index is 6.13. The SMILES string of the molecule is CCC(C)Nc1nc(C(C)(C)C)nc(OCCOC)c1N. The average Bonchev–Trinajstić information content (AvgIpc) is 2.41. The molecule has 0 saturated heterocycles. The molecule has 3 N–H and O–H groups in total. The number of nitrogens with one attached hydrogen (secondary N) is 1. The van der Waals surface area contributed by atoms with Gasteiger partial charge in [0.15, 0.2) is 5.82 Å². The first kappa shape index (κ1) is 17.5. The van der Waals surface area contributed by atoms with E-state index in [1.807, 2.05) is 0 Å². The molecule has 0 aliphatic carbocycles. The third kappa shape index (κ3) is 5.04. The summed E-state index contributed by atoms with van der Waals surface area (Å²) in [4.78, 5) is 9.02. The molecule has 0 amide bonds. The van der Waals surface area contributed by atoms with Crippen molar-refractivity contribution in [1.29, 1.82) is 0 Å². The van der Waals surface area contributed by atoms with E-state index in [1.54, 1.807) is 7.11 Å². The summed E-state index contributed by atoms with van der Waals surface area (Å²) >= 11 is 0. The molecule has 21 heavy (non-hydrogen) atoms. The van der Waals surface area contributed by atoms with Gasteiger partial charge in [-0.05, 0) is 13.3 Å². The highest BCUT2D eigenvalue weighted by atomic mass is 16.5. The molecule has 0 spiro atoms. The highest BCUT2D eigenvalue weighted by Gasteiger charge is 2.22. The molecule has 1 atom stereocenters. The lowest BCUT2D eigenvalue weighted by molar-refractivity contribution is 0.144. The van der Waals surface area contributed by atoms with E-state index in [0.29, 0.717) is 36.4 Å². The maximum Gasteiger partial charge on any atom is 0.242 e. The molecule has 6 heteroatoms. The Labute approximate surface area is 127 Å². The second-order valence-electron chi connectivity index (χ2n) is 6.16. The highest BCUT2D eigenvalue weighted by Crippen LogP contribution is 2.30. The Morgan fingerprint density at radius 1 is 1.24 bits per heavy atom. The van der Waals surface area contributed by atoms with Crippen LogP contribution in [0.5, 0.6) is 5.88 Å². The van der Waals surface area contributed by atoms with Crippen LogP contribution in [-0.2, 0) is 10.2 Å². The van der Waals surface area contributed by atoms with Gasteiger partial charge in [-0.25, -0.2) is 4.98 Å². The van der Waals surface area contributed by atoms with Crippen LogP contribution in [0.4, 0.5) is 11.5 Å². The number of nitrogens with zero attached hydrogens (tertiary/aromatic N) is 2. The molecule has 120 valence electrons. The van der Waals surface area contributed by atoms with Gasteiger partial charge in [-0.3, -0.25) is 0 Å². The molecule has 0 aliphatic rings. The van der Waals surface area contributed by atoms with Gasteiger partial charge < -0.3 is 20.5 Å². The minimum atomic E-state index is -0.182. The van der Waals surface area contributed by atoms with Crippen LogP contribution in [-0.4, -0.2) is 36.3 Å². The molecule has 1 heterocycles. The second kappa shape index (κ2) is 7.45. The van der Waals surface area contributed by atoms with E-state index in [1.165, 1.54) is 0 Å². The monoisotopic (exact) mass is 296 g/mol. The summed E-state index contributed by atoms with van der Waals surface area (Å²) in [6.07, 6.45) is 0.980. The van der Waals surface area contributed by atoms with Crippen molar-refractivity contribution in [2.45, 2.75) is 52.5 Å². The van der Waals surface area contributed by atoms with Crippen LogP contribution in [0.1, 0.15) is 46.9 Å². The Balaban J connectivity index is 3.13. The van der Waals surface area contributed by atoms with Gasteiger partial charge in [0.25, 0.3) is 0 Å². The Kier molecular flexibility index (Phi) is 6.20. The molecule has 0 aromatic carbocycles. The van der Waals surface area contributed by atoms with Gasteiger partial charge in [0, 0.05) is 18.6 Å². The summed E-state index contributed by atoms with van der Waals surface area (Å²) in [7, 11) is 1.63. The lowest BCUT2D eigenvalue weighted by Gasteiger charge is -2.22. The van der Waals surface area contributed by atoms with Crippen LogP contribution in [0, 0.1) is 0 Å². The standard InChI is InChI=1S/C15H28N4O2/c1-7-10(2)17-12-11(16)13(21-9-8-20-6)19-14(18-12)15(3,4)5/h10H,7-9,16H2,1-6H3,(H,17,18,19). The number of anilines is 2. The van der Waals surface area contributed by atoms with E-state index >= 15 is 0 Å². The van der Waals surface area contributed by atoms with Gasteiger partial charge in [-0.15, -0.1) is 0 Å². The molecule has 0 saturated carbocycles. The Morgan fingerprint density at radius 2 is 1.90 bits per heavy atom. The molecule has 1 rings (SSSR count). The first-order valence-corrected chi connectivity index (χ1v) is 7.35. The molecular weight excluding hydrogens is 268 g/mol. The van der Waals surface area contributed by atoms with Gasteiger partial charge in [0.2, 0.25) is 5.88 Å². The summed E-state index contributed by atoms with van der Waals surface area (Å²) in [6, 6.07) is 0.279. The number of methoxy groups -OCH3 is 1. The van der Waals surface area contributed by atoms with Crippen molar-refractivity contribution in [2.24, 2.45) is 0 Å². The first-order valence-electron chi connectivity index (χ1n) is 7.35. The lowest BCUT2D eigenvalue weighted by Crippen LogP contribution is -2.22. The molecule has 1 aromatic heterocycles. The van der Waals surface area contributed by atoms with Gasteiger partial charge in [-0.1, -0.05) is 27.7 Å². The van der Waals surface area contributed by atoms with Crippen molar-refractivity contribution in [1.82, 2.24) is 9.97 Å². The fourth-order valence-electron chi connectivity index (χ4n) is 1.56. The molecule has 1 unspecified atom stereocenters. The van der Waals surface area contributed by atoms with Crippen molar-refractivity contribution in [2.75, 3.05) is 31.4 Å². The molecule has 1 aromatic rings. The summed E-state index contributed by atoms with van der Waals surface area (Å²) < 4.78 is 10.6. The predicted molar refractivity (Wildman–Crippen MR) is 85.9 cm³/mol. The molecule has 0 fully saturated rings. The molecule has 0 aliphatic heterocycles. The van der Waals surface area contributed by atoms with Crippen LogP contribution in [0.15, 0.2) is 0 Å². The van der Waals surface area contributed by atoms with Crippen LogP contribution >= 0.6 is 0 Å². The minimum Gasteiger partial charge on any atom is -0.474 e. The van der Waals surface area contributed by atoms with E-state index < -0.39 is 0 Å². The van der Waals surface area contributed by atoms with E-state index in [-0.39, 0.29) is 11.5 Å². The molecule has 0 radical (unpaired) electrons. The number of aromatic nitrogens is 2. The molecule has 6 nitrogen and oxygen atoms in total. The van der Waals surface area contributed by atoms with Crippen molar-refractivity contribution < 1.29 is 9.47 Å². The molecular formula is C15H28N4O2. The van der Waals surface area contributed by atoms with E-state index in [2.05, 4.69) is 49.9 Å². The van der Waals surface area contributed by atoms with Gasteiger partial charge in [-0.2, -0.15) is 4.98 Å². The first-order chi connectivity index (χ1) is 9.79. The van der Waals surface area contributed by atoms with Crippen LogP contribution in [0.25, 0.3) is 0 Å². The molecule has 0 bridgehead atoms. The van der Waals surface area contributed by atoms with Gasteiger partial charge in [0.05, 0.1) is 6.61 Å². The Bertz CT molecular complexity index is 458. The largest absolute Gasteiger partial charge is 0.474 e. The normalized spacial score (nSPS) is 13.0. The number of ether oxygens (including phenoxy) is 2. The fourth-order valence-corrected chi connectivity index (χ4v) is 1.56. The van der Waals surface area contributed by atoms with E-state index in [4.69, 9.17) is 15.2 Å². The maximum atomic E-state index is 6.13. The zero-order valence-corrected chi connectivity index (χ0v) is 14.0. The van der Waals surface area contributed by atoms with Gasteiger partial charge >= 0.3 is 0 Å². The summed E-state index contributed by atoms with van der Waals surface area (Å²) in [5.41, 5.74) is 6.39. The average molecular weight is 296 g/mol. The van der Waals surface area contributed by atoms with E-state index in [0.717, 1.165) is 6.42 Å². The van der Waals surface area contributed by atoms with E-state index in [9.17, 15) is 0 Å². The van der Waals surface area contributed by atoms with Crippen molar-refractivity contribution >= 4 is 11.5 Å². The zero-order chi connectivity index (χ0) is 16.0. The van der Waals surface area contributed by atoms with Crippen molar-refractivity contribution in [3.05, 3.63) is 5.82 Å². The summed E-state index contributed by atoms with van der Waals surface area (Å²) in [5.74, 6) is 1.75. The minimum absolute atomic E-state index is 0.182. The van der Waals surface area contributed by atoms with Crippen molar-refractivity contribution in [3.8, 4) is 5.88 Å². The second-order valence-corrected chi connectivity index (χ2v) is 6.16. The quantitative estimate of drug-likeness (QED) is 0.753. The van der Waals surface area contributed by atoms with Crippen LogP contribution in [0.2, 0.25) is 0 Å². The topological polar surface area (TPSA) is 82.3 Å². The number of hydrogen-bond donors (Lipinski definition) is 2. The van der Waals surface area contributed by atoms with Crippen molar-refractivity contribution in [3.63, 3.8) is 0 Å². The Hall–Kier alpha value is -1.56. The number of nitrogen functional groups attached to an aromatic ring is 1. The fraction of sp³-hybridized carbons (Fsp3) is 0.733. The van der Waals surface area contributed by atoms with Crippen LogP contribution < -0.4 is 15.8 Å². The highest BCUT2D eigenvalue weighted by molar-refractivity contribution is 5.67. The summed E-state index contributed by atoms with van der Waals surface area (Å²) in [6.45, 7) is 11.3. The Morgan fingerprint density at radius 3 is 2.43 bits per heavy atom. The third-order valence-corrected chi connectivity index (χ3v) is 3.10. The van der Waals surface area contributed by atoms with Gasteiger partial charge in [0.1, 0.15) is 18.1 Å². The van der Waals surface area contributed by atoms with Crippen LogP contribution in [0.3, 0.4) is 0 Å². The third-order valence-electron chi connectivity index (χ3n) is 3.10. The number of nitrogens with two attached hydrogens (primary N) is 1. The lowest BCUT2D eigenvalue weighted by atomic mass is 9.95. The number of rotatable bonds is 7. The number of hydrogen-bond acceptors (Lipinski definition) is 6. The summed E-state index contributed by atoms with van der Waals surface area (Å²) in [5, 5.41) is 3.32.